The smallest absolute Gasteiger partial charge is 0.412 e. The number of phenolic OH excluding ortho intramolecular Hbond substituents is 1. The van der Waals surface area contributed by atoms with Crippen molar-refractivity contribution in [2.75, 3.05) is 12.4 Å². The second-order valence-corrected chi connectivity index (χ2v) is 5.33. The Hall–Kier alpha value is -2.28. The van der Waals surface area contributed by atoms with E-state index in [1.54, 1.807) is 20.8 Å². The molecule has 1 unspecified atom stereocenters. The van der Waals surface area contributed by atoms with Gasteiger partial charge in [0.05, 0.1) is 7.11 Å². The van der Waals surface area contributed by atoms with E-state index in [2.05, 4.69) is 10.1 Å². The first-order valence-electron chi connectivity index (χ1n) is 6.23. The molecule has 1 aromatic rings. The van der Waals surface area contributed by atoms with Gasteiger partial charge in [0.15, 0.2) is 6.10 Å². The molecule has 3 N–H and O–H groups in total. The Bertz CT molecular complexity index is 535. The predicted octanol–water partition coefficient (Wildman–Crippen LogP) is 1.95. The summed E-state index contributed by atoms with van der Waals surface area (Å²) >= 11 is 0. The van der Waals surface area contributed by atoms with Crippen LogP contribution >= 0.6 is 0 Å². The summed E-state index contributed by atoms with van der Waals surface area (Å²) in [4.78, 5) is 22.8. The van der Waals surface area contributed by atoms with E-state index in [1.165, 1.54) is 18.2 Å². The van der Waals surface area contributed by atoms with E-state index in [4.69, 9.17) is 4.74 Å². The average Bonchev–Trinajstić information content (AvgIpc) is 2.34. The van der Waals surface area contributed by atoms with Gasteiger partial charge in [-0.1, -0.05) is 6.07 Å². The van der Waals surface area contributed by atoms with Crippen molar-refractivity contribution < 1.29 is 29.3 Å². The molecular formula is C14H19NO6. The van der Waals surface area contributed by atoms with Gasteiger partial charge < -0.3 is 19.7 Å². The van der Waals surface area contributed by atoms with Gasteiger partial charge in [0, 0.05) is 17.3 Å². The maximum atomic E-state index is 11.6. The van der Waals surface area contributed by atoms with Crippen molar-refractivity contribution in [3.05, 3.63) is 23.8 Å². The van der Waals surface area contributed by atoms with Crippen LogP contribution in [0.4, 0.5) is 10.5 Å². The Morgan fingerprint density at radius 3 is 2.38 bits per heavy atom. The second kappa shape index (κ2) is 6.45. The molecule has 0 aliphatic heterocycles. The minimum Gasteiger partial charge on any atom is -0.507 e. The third kappa shape index (κ3) is 4.96. The van der Waals surface area contributed by atoms with Crippen molar-refractivity contribution in [2.45, 2.75) is 32.5 Å². The lowest BCUT2D eigenvalue weighted by Gasteiger charge is -2.20. The minimum absolute atomic E-state index is 0.0170. The number of ether oxygens (including phenoxy) is 2. The third-order valence-electron chi connectivity index (χ3n) is 2.39. The lowest BCUT2D eigenvalue weighted by molar-refractivity contribution is -0.150. The van der Waals surface area contributed by atoms with Gasteiger partial charge in [0.1, 0.15) is 11.4 Å². The first kappa shape index (κ1) is 16.8. The molecule has 0 fully saturated rings. The van der Waals surface area contributed by atoms with Crippen molar-refractivity contribution in [3.63, 3.8) is 0 Å². The van der Waals surface area contributed by atoms with Crippen molar-refractivity contribution in [3.8, 4) is 5.75 Å². The summed E-state index contributed by atoms with van der Waals surface area (Å²) < 4.78 is 9.44. The maximum absolute atomic E-state index is 11.6. The van der Waals surface area contributed by atoms with Crippen LogP contribution in [0.5, 0.6) is 5.75 Å². The SMILES string of the molecule is COC(=O)C(O)c1ccc(NC(=O)OC(C)(C)C)cc1O. The number of aliphatic hydroxyl groups excluding tert-OH is 1. The summed E-state index contributed by atoms with van der Waals surface area (Å²) in [5, 5.41) is 21.9. The highest BCUT2D eigenvalue weighted by Crippen LogP contribution is 2.28. The number of phenols is 1. The molecule has 1 aromatic carbocycles. The topological polar surface area (TPSA) is 105 Å². The summed E-state index contributed by atoms with van der Waals surface area (Å²) in [5.74, 6) is -1.24. The Kier molecular flexibility index (Phi) is 5.15. The van der Waals surface area contributed by atoms with Crippen molar-refractivity contribution in [2.24, 2.45) is 0 Å². The largest absolute Gasteiger partial charge is 0.507 e. The number of nitrogens with one attached hydrogen (secondary N) is 1. The van der Waals surface area contributed by atoms with Crippen LogP contribution in [0.25, 0.3) is 0 Å². The number of carbonyl (C=O) groups excluding carboxylic acids is 2. The Morgan fingerprint density at radius 1 is 1.29 bits per heavy atom. The zero-order valence-electron chi connectivity index (χ0n) is 12.3. The van der Waals surface area contributed by atoms with E-state index in [-0.39, 0.29) is 17.0 Å². The summed E-state index contributed by atoms with van der Waals surface area (Å²) in [6.45, 7) is 5.17. The standard InChI is InChI=1S/C14H19NO6/c1-14(2,3)21-13(19)15-8-5-6-9(10(16)7-8)11(17)12(18)20-4/h5-7,11,16-17H,1-4H3,(H,15,19). The Morgan fingerprint density at radius 2 is 1.90 bits per heavy atom. The van der Waals surface area contributed by atoms with Crippen LogP contribution in [-0.2, 0) is 14.3 Å². The van der Waals surface area contributed by atoms with Gasteiger partial charge in [0.25, 0.3) is 0 Å². The number of hydrogen-bond acceptors (Lipinski definition) is 6. The quantitative estimate of drug-likeness (QED) is 0.736. The number of aromatic hydroxyl groups is 1. The van der Waals surface area contributed by atoms with Gasteiger partial charge in [0.2, 0.25) is 0 Å². The number of carbonyl (C=O) groups is 2. The lowest BCUT2D eigenvalue weighted by Crippen LogP contribution is -2.27. The van der Waals surface area contributed by atoms with Crippen LogP contribution in [0.15, 0.2) is 18.2 Å². The fraction of sp³-hybridized carbons (Fsp3) is 0.429. The van der Waals surface area contributed by atoms with E-state index in [1.807, 2.05) is 0 Å². The van der Waals surface area contributed by atoms with Crippen molar-refractivity contribution in [1.29, 1.82) is 0 Å². The Labute approximate surface area is 122 Å². The monoisotopic (exact) mass is 297 g/mol. The highest BCUT2D eigenvalue weighted by atomic mass is 16.6. The maximum Gasteiger partial charge on any atom is 0.412 e. The summed E-state index contributed by atoms with van der Waals surface area (Å²) in [6.07, 6.45) is -2.27. The molecule has 0 spiro atoms. The van der Waals surface area contributed by atoms with E-state index < -0.39 is 23.8 Å². The zero-order valence-corrected chi connectivity index (χ0v) is 12.3. The van der Waals surface area contributed by atoms with Crippen LogP contribution in [0.2, 0.25) is 0 Å². The third-order valence-corrected chi connectivity index (χ3v) is 2.39. The van der Waals surface area contributed by atoms with Gasteiger partial charge >= 0.3 is 12.1 Å². The molecule has 1 atom stereocenters. The number of anilines is 1. The average molecular weight is 297 g/mol. The van der Waals surface area contributed by atoms with E-state index >= 15 is 0 Å². The molecule has 1 rings (SSSR count). The van der Waals surface area contributed by atoms with E-state index in [0.29, 0.717) is 0 Å². The molecule has 116 valence electrons. The molecule has 1 amide bonds. The first-order valence-corrected chi connectivity index (χ1v) is 6.23. The molecule has 0 saturated heterocycles. The van der Waals surface area contributed by atoms with Crippen LogP contribution < -0.4 is 5.32 Å². The molecule has 0 aliphatic rings. The van der Waals surface area contributed by atoms with Crippen LogP contribution in [0.1, 0.15) is 32.4 Å². The normalized spacial score (nSPS) is 12.4. The van der Waals surface area contributed by atoms with Crippen molar-refractivity contribution in [1.82, 2.24) is 0 Å². The molecule has 21 heavy (non-hydrogen) atoms. The van der Waals surface area contributed by atoms with Crippen LogP contribution in [0.3, 0.4) is 0 Å². The van der Waals surface area contributed by atoms with E-state index in [0.717, 1.165) is 7.11 Å². The van der Waals surface area contributed by atoms with Gasteiger partial charge in [-0.05, 0) is 26.8 Å². The number of benzene rings is 1. The van der Waals surface area contributed by atoms with E-state index in [9.17, 15) is 19.8 Å². The van der Waals surface area contributed by atoms with Gasteiger partial charge in [-0.15, -0.1) is 0 Å². The molecule has 0 radical (unpaired) electrons. The number of esters is 1. The second-order valence-electron chi connectivity index (χ2n) is 5.33. The summed E-state index contributed by atoms with van der Waals surface area (Å²) in [7, 11) is 1.13. The first-order chi connectivity index (χ1) is 9.64. The van der Waals surface area contributed by atoms with Crippen LogP contribution in [-0.4, -0.2) is 35.0 Å². The predicted molar refractivity (Wildman–Crippen MR) is 74.9 cm³/mol. The van der Waals surface area contributed by atoms with Crippen molar-refractivity contribution >= 4 is 17.7 Å². The molecule has 7 heteroatoms. The minimum atomic E-state index is -1.59. The molecular weight excluding hydrogens is 278 g/mol. The molecule has 0 heterocycles. The number of amides is 1. The fourth-order valence-corrected chi connectivity index (χ4v) is 1.51. The molecule has 0 aromatic heterocycles. The van der Waals surface area contributed by atoms with Gasteiger partial charge in [-0.3, -0.25) is 5.32 Å². The molecule has 0 bridgehead atoms. The molecule has 7 nitrogen and oxygen atoms in total. The fourth-order valence-electron chi connectivity index (χ4n) is 1.51. The lowest BCUT2D eigenvalue weighted by atomic mass is 10.1. The summed E-state index contributed by atoms with van der Waals surface area (Å²) in [5.41, 5.74) is -0.396. The number of aliphatic hydroxyl groups is 1. The number of hydrogen-bond donors (Lipinski definition) is 3. The van der Waals surface area contributed by atoms with Gasteiger partial charge in [-0.2, -0.15) is 0 Å². The molecule has 0 saturated carbocycles. The Balaban J connectivity index is 2.83. The summed E-state index contributed by atoms with van der Waals surface area (Å²) in [6, 6.07) is 3.93. The van der Waals surface area contributed by atoms with Gasteiger partial charge in [-0.25, -0.2) is 9.59 Å². The number of methoxy groups -OCH3 is 1. The van der Waals surface area contributed by atoms with Crippen LogP contribution in [0, 0.1) is 0 Å². The number of rotatable bonds is 3. The zero-order chi connectivity index (χ0) is 16.2. The molecule has 0 aliphatic carbocycles. The highest BCUT2D eigenvalue weighted by Gasteiger charge is 2.22. The highest BCUT2D eigenvalue weighted by molar-refractivity contribution is 5.85.